The van der Waals surface area contributed by atoms with E-state index in [1.54, 1.807) is 7.05 Å². The summed E-state index contributed by atoms with van der Waals surface area (Å²) < 4.78 is 1.02. The number of fused-ring (bicyclic) bond motifs is 1. The lowest BCUT2D eigenvalue weighted by atomic mass is 10.3. The standard InChI is InChI=1S/C19H22N4O4S/c1-4-5-10-22-17(25)18(26)23(19(22)27)11-15(24)21(3)12(2)16-20-13-8-6-7-9-14(13)28-16/h6-9,12H,4-5,10-11H2,1-3H3/t12-/m0/s1. The molecule has 0 saturated carbocycles. The Labute approximate surface area is 166 Å². The summed E-state index contributed by atoms with van der Waals surface area (Å²) in [6, 6.07) is 6.64. The third-order valence-electron chi connectivity index (χ3n) is 4.81. The number of para-hydroxylation sites is 1. The number of aromatic nitrogens is 1. The molecule has 1 aromatic carbocycles. The fourth-order valence-corrected chi connectivity index (χ4v) is 3.96. The van der Waals surface area contributed by atoms with Gasteiger partial charge in [0.1, 0.15) is 11.6 Å². The van der Waals surface area contributed by atoms with E-state index in [-0.39, 0.29) is 12.6 Å². The summed E-state index contributed by atoms with van der Waals surface area (Å²) in [5.74, 6) is -2.25. The van der Waals surface area contributed by atoms with Crippen molar-refractivity contribution in [2.45, 2.75) is 32.7 Å². The summed E-state index contributed by atoms with van der Waals surface area (Å²) in [5, 5.41) is 0.761. The van der Waals surface area contributed by atoms with Crippen LogP contribution >= 0.6 is 11.3 Å². The van der Waals surface area contributed by atoms with Gasteiger partial charge < -0.3 is 4.90 Å². The second-order valence-corrected chi connectivity index (χ2v) is 7.75. The van der Waals surface area contributed by atoms with E-state index in [9.17, 15) is 19.2 Å². The predicted molar refractivity (Wildman–Crippen MR) is 105 cm³/mol. The van der Waals surface area contributed by atoms with E-state index in [2.05, 4.69) is 4.98 Å². The number of carbonyl (C=O) groups excluding carboxylic acids is 4. The highest BCUT2D eigenvalue weighted by molar-refractivity contribution is 7.18. The quantitative estimate of drug-likeness (QED) is 0.524. The highest BCUT2D eigenvalue weighted by Gasteiger charge is 2.45. The molecule has 8 nitrogen and oxygen atoms in total. The first-order valence-corrected chi connectivity index (χ1v) is 9.95. The van der Waals surface area contributed by atoms with Crippen molar-refractivity contribution in [3.8, 4) is 0 Å². The number of rotatable bonds is 7. The van der Waals surface area contributed by atoms with Gasteiger partial charge in [-0.05, 0) is 25.5 Å². The molecule has 1 aliphatic rings. The first kappa shape index (κ1) is 19.9. The van der Waals surface area contributed by atoms with Crippen molar-refractivity contribution >= 4 is 45.3 Å². The Morgan fingerprint density at radius 1 is 1.18 bits per heavy atom. The summed E-state index contributed by atoms with van der Waals surface area (Å²) in [4.78, 5) is 56.8. The largest absolute Gasteiger partial charge is 0.335 e. The first-order chi connectivity index (χ1) is 13.3. The number of urea groups is 1. The number of benzene rings is 1. The average molecular weight is 402 g/mol. The Bertz CT molecular complexity index is 908. The van der Waals surface area contributed by atoms with Crippen molar-refractivity contribution in [3.05, 3.63) is 29.3 Å². The Hall–Kier alpha value is -2.81. The molecule has 3 rings (SSSR count). The normalized spacial score (nSPS) is 15.6. The molecule has 28 heavy (non-hydrogen) atoms. The topological polar surface area (TPSA) is 90.9 Å². The van der Waals surface area contributed by atoms with Crippen LogP contribution in [0.5, 0.6) is 0 Å². The number of carbonyl (C=O) groups is 4. The van der Waals surface area contributed by atoms with E-state index >= 15 is 0 Å². The van der Waals surface area contributed by atoms with Crippen LogP contribution < -0.4 is 0 Å². The molecule has 2 aromatic rings. The maximum Gasteiger partial charge on any atom is 0.334 e. The Kier molecular flexibility index (Phi) is 5.73. The molecule has 1 aliphatic heterocycles. The molecule has 148 valence electrons. The Morgan fingerprint density at radius 3 is 2.54 bits per heavy atom. The van der Waals surface area contributed by atoms with Crippen molar-refractivity contribution in [1.29, 1.82) is 0 Å². The zero-order chi connectivity index (χ0) is 20.4. The fraction of sp³-hybridized carbons (Fsp3) is 0.421. The summed E-state index contributed by atoms with van der Waals surface area (Å²) in [7, 11) is 1.60. The van der Waals surface area contributed by atoms with E-state index in [1.165, 1.54) is 16.2 Å². The molecule has 1 aromatic heterocycles. The van der Waals surface area contributed by atoms with Crippen LogP contribution in [0.3, 0.4) is 0 Å². The second kappa shape index (κ2) is 8.05. The molecule has 0 N–H and O–H groups in total. The maximum atomic E-state index is 12.7. The van der Waals surface area contributed by atoms with Crippen LogP contribution in [0.25, 0.3) is 10.2 Å². The number of amides is 5. The molecule has 2 heterocycles. The number of likely N-dealkylation sites (N-methyl/N-ethyl adjacent to an activating group) is 1. The average Bonchev–Trinajstić information content (AvgIpc) is 3.21. The van der Waals surface area contributed by atoms with Crippen molar-refractivity contribution in [2.75, 3.05) is 20.1 Å². The minimum absolute atomic E-state index is 0.183. The molecule has 5 amide bonds. The number of imide groups is 2. The number of thiazole rings is 1. The monoisotopic (exact) mass is 402 g/mol. The van der Waals surface area contributed by atoms with Crippen LogP contribution in [0, 0.1) is 0 Å². The van der Waals surface area contributed by atoms with Gasteiger partial charge in [-0.15, -0.1) is 11.3 Å². The van der Waals surface area contributed by atoms with Crippen molar-refractivity contribution in [2.24, 2.45) is 0 Å². The Balaban J connectivity index is 1.70. The second-order valence-electron chi connectivity index (χ2n) is 6.68. The van der Waals surface area contributed by atoms with Gasteiger partial charge in [0, 0.05) is 13.6 Å². The lowest BCUT2D eigenvalue weighted by Gasteiger charge is -2.25. The maximum absolute atomic E-state index is 12.7. The van der Waals surface area contributed by atoms with E-state index in [0.29, 0.717) is 6.42 Å². The molecular formula is C19H22N4O4S. The van der Waals surface area contributed by atoms with Crippen LogP contribution in [0.1, 0.15) is 37.7 Å². The lowest BCUT2D eigenvalue weighted by Crippen LogP contribution is -2.43. The van der Waals surface area contributed by atoms with Crippen LogP contribution in [-0.2, 0) is 14.4 Å². The van der Waals surface area contributed by atoms with Gasteiger partial charge in [-0.25, -0.2) is 14.7 Å². The molecule has 0 unspecified atom stereocenters. The molecule has 0 bridgehead atoms. The third kappa shape index (κ3) is 3.62. The van der Waals surface area contributed by atoms with Crippen LogP contribution in [0.15, 0.2) is 24.3 Å². The number of nitrogens with zero attached hydrogens (tertiary/aromatic N) is 4. The molecule has 9 heteroatoms. The van der Waals surface area contributed by atoms with Crippen LogP contribution in [0.4, 0.5) is 4.79 Å². The Morgan fingerprint density at radius 2 is 1.86 bits per heavy atom. The fourth-order valence-electron chi connectivity index (χ4n) is 2.90. The van der Waals surface area contributed by atoms with Gasteiger partial charge in [0.25, 0.3) is 0 Å². The summed E-state index contributed by atoms with van der Waals surface area (Å²) in [6.07, 6.45) is 1.40. The van der Waals surface area contributed by atoms with Crippen molar-refractivity contribution in [3.63, 3.8) is 0 Å². The van der Waals surface area contributed by atoms with Gasteiger partial charge in [-0.2, -0.15) is 0 Å². The number of hydrogen-bond acceptors (Lipinski definition) is 6. The SMILES string of the molecule is CCCCN1C(=O)C(=O)N(CC(=O)N(C)[C@@H](C)c2nc3ccccc3s2)C1=O. The highest BCUT2D eigenvalue weighted by atomic mass is 32.1. The molecule has 1 atom stereocenters. The molecule has 0 radical (unpaired) electrons. The van der Waals surface area contributed by atoms with E-state index in [4.69, 9.17) is 0 Å². The van der Waals surface area contributed by atoms with Gasteiger partial charge >= 0.3 is 17.8 Å². The smallest absolute Gasteiger partial charge is 0.334 e. The summed E-state index contributed by atoms with van der Waals surface area (Å²) in [6.45, 7) is 3.48. The molecule has 1 saturated heterocycles. The van der Waals surface area contributed by atoms with Crippen molar-refractivity contribution < 1.29 is 19.2 Å². The van der Waals surface area contributed by atoms with E-state index in [1.807, 2.05) is 38.1 Å². The van der Waals surface area contributed by atoms with Gasteiger partial charge in [0.05, 0.1) is 16.3 Å². The molecule has 0 spiro atoms. The predicted octanol–water partition coefficient (Wildman–Crippen LogP) is 2.41. The first-order valence-electron chi connectivity index (χ1n) is 9.13. The lowest BCUT2D eigenvalue weighted by molar-refractivity contribution is -0.145. The van der Waals surface area contributed by atoms with E-state index < -0.39 is 30.3 Å². The molecule has 1 fully saturated rings. The van der Waals surface area contributed by atoms with E-state index in [0.717, 1.165) is 31.4 Å². The highest BCUT2D eigenvalue weighted by Crippen LogP contribution is 2.29. The minimum atomic E-state index is -0.949. The minimum Gasteiger partial charge on any atom is -0.335 e. The molecule has 0 aliphatic carbocycles. The number of unbranched alkanes of at least 4 members (excludes halogenated alkanes) is 1. The van der Waals surface area contributed by atoms with Crippen molar-refractivity contribution in [1.82, 2.24) is 19.7 Å². The van der Waals surface area contributed by atoms with Gasteiger partial charge in [0.2, 0.25) is 5.91 Å². The summed E-state index contributed by atoms with van der Waals surface area (Å²) in [5.41, 5.74) is 0.859. The summed E-state index contributed by atoms with van der Waals surface area (Å²) >= 11 is 1.49. The van der Waals surface area contributed by atoms with Crippen LogP contribution in [0.2, 0.25) is 0 Å². The molecular weight excluding hydrogens is 380 g/mol. The zero-order valence-corrected chi connectivity index (χ0v) is 16.9. The van der Waals surface area contributed by atoms with Gasteiger partial charge in [-0.1, -0.05) is 25.5 Å². The van der Waals surface area contributed by atoms with Crippen LogP contribution in [-0.4, -0.2) is 63.6 Å². The number of hydrogen-bond donors (Lipinski definition) is 0. The third-order valence-corrected chi connectivity index (χ3v) is 6.01. The zero-order valence-electron chi connectivity index (χ0n) is 16.0. The van der Waals surface area contributed by atoms with Gasteiger partial charge in [-0.3, -0.25) is 19.3 Å². The van der Waals surface area contributed by atoms with Gasteiger partial charge in [0.15, 0.2) is 0 Å².